The number of nitrogens with one attached hydrogen (secondary N) is 3. The summed E-state index contributed by atoms with van der Waals surface area (Å²) in [5.74, 6) is -0.106. The van der Waals surface area contributed by atoms with Crippen LogP contribution in [-0.4, -0.2) is 47.7 Å². The minimum Gasteiger partial charge on any atom is -0.480 e. The quantitative estimate of drug-likeness (QED) is 0.316. The summed E-state index contributed by atoms with van der Waals surface area (Å²) < 4.78 is 0. The number of carboxylic acids is 1. The topological polar surface area (TPSA) is 134 Å². The lowest BCUT2D eigenvalue weighted by molar-refractivity contribution is -0.139. The van der Waals surface area contributed by atoms with Crippen LogP contribution in [0.25, 0.3) is 0 Å². The van der Waals surface area contributed by atoms with Crippen molar-refractivity contribution in [3.05, 3.63) is 0 Å². The maximum absolute atomic E-state index is 13.0. The summed E-state index contributed by atoms with van der Waals surface area (Å²) >= 11 is 0. The van der Waals surface area contributed by atoms with Crippen LogP contribution in [0.15, 0.2) is 0 Å². The summed E-state index contributed by atoms with van der Waals surface area (Å²) in [7, 11) is 0. The molecule has 0 aromatic heterocycles. The average molecular weight is 439 g/mol. The number of carbonyl (C=O) groups excluding carboxylic acids is 2. The highest BCUT2D eigenvalue weighted by Gasteiger charge is 2.29. The maximum Gasteiger partial charge on any atom is 0.326 e. The molecule has 8 heteroatoms. The number of urea groups is 1. The molecule has 8 nitrogen and oxygen atoms in total. The summed E-state index contributed by atoms with van der Waals surface area (Å²) in [5, 5.41) is 17.9. The SMILES string of the molecule is CC1CCC(NC(=O)[C@@H](CC2CCCCC2)NC(=O)NC(CCCCN)C(=O)O)CC1. The first-order chi connectivity index (χ1) is 14.9. The monoisotopic (exact) mass is 438 g/mol. The number of carboxylic acid groups (broad SMARTS) is 1. The number of amides is 3. The Hall–Kier alpha value is -1.83. The second-order valence-corrected chi connectivity index (χ2v) is 9.55. The zero-order valence-electron chi connectivity index (χ0n) is 19.0. The van der Waals surface area contributed by atoms with Crippen LogP contribution < -0.4 is 21.7 Å². The Morgan fingerprint density at radius 1 is 0.935 bits per heavy atom. The van der Waals surface area contributed by atoms with Gasteiger partial charge in [-0.1, -0.05) is 39.0 Å². The number of hydrogen-bond acceptors (Lipinski definition) is 4. The second kappa shape index (κ2) is 13.6. The standard InChI is InChI=1S/C23H42N4O4/c1-16-10-12-18(13-11-16)25-21(28)20(15-17-7-3-2-4-8-17)27-23(31)26-19(22(29)30)9-5-6-14-24/h16-20H,2-15,24H2,1H3,(H,25,28)(H,29,30)(H2,26,27,31)/t16?,18?,19?,20-/m1/s1. The smallest absolute Gasteiger partial charge is 0.326 e. The van der Waals surface area contributed by atoms with E-state index in [2.05, 4.69) is 22.9 Å². The van der Waals surface area contributed by atoms with E-state index in [1.54, 1.807) is 0 Å². The Morgan fingerprint density at radius 2 is 1.58 bits per heavy atom. The van der Waals surface area contributed by atoms with Crippen LogP contribution in [0, 0.1) is 11.8 Å². The van der Waals surface area contributed by atoms with Gasteiger partial charge in [-0.05, 0) is 69.7 Å². The van der Waals surface area contributed by atoms with Crippen molar-refractivity contribution >= 4 is 17.9 Å². The van der Waals surface area contributed by atoms with Crippen molar-refractivity contribution < 1.29 is 19.5 Å². The third-order valence-electron chi connectivity index (χ3n) is 6.83. The van der Waals surface area contributed by atoms with Crippen LogP contribution in [0.3, 0.4) is 0 Å². The lowest BCUT2D eigenvalue weighted by Gasteiger charge is -2.31. The fraction of sp³-hybridized carbons (Fsp3) is 0.870. The van der Waals surface area contributed by atoms with Gasteiger partial charge in [0.15, 0.2) is 0 Å². The molecule has 2 atom stereocenters. The van der Waals surface area contributed by atoms with E-state index in [4.69, 9.17) is 5.73 Å². The Kier molecular flexibility index (Phi) is 11.1. The predicted octanol–water partition coefficient (Wildman–Crippen LogP) is 2.90. The van der Waals surface area contributed by atoms with Gasteiger partial charge in [0, 0.05) is 6.04 Å². The van der Waals surface area contributed by atoms with Crippen LogP contribution >= 0.6 is 0 Å². The summed E-state index contributed by atoms with van der Waals surface area (Å²) in [4.78, 5) is 37.1. The number of carbonyl (C=O) groups is 3. The Morgan fingerprint density at radius 3 is 2.19 bits per heavy atom. The molecule has 6 N–H and O–H groups in total. The minimum atomic E-state index is -1.07. The molecule has 0 bridgehead atoms. The van der Waals surface area contributed by atoms with Gasteiger partial charge in [-0.25, -0.2) is 9.59 Å². The van der Waals surface area contributed by atoms with E-state index in [1.165, 1.54) is 6.42 Å². The average Bonchev–Trinajstić information content (AvgIpc) is 2.75. The molecule has 31 heavy (non-hydrogen) atoms. The summed E-state index contributed by atoms with van der Waals surface area (Å²) in [6.07, 6.45) is 12.1. The third-order valence-corrected chi connectivity index (χ3v) is 6.83. The first-order valence-electron chi connectivity index (χ1n) is 12.2. The number of unbranched alkanes of at least 4 members (excludes halogenated alkanes) is 1. The van der Waals surface area contributed by atoms with Gasteiger partial charge in [-0.15, -0.1) is 0 Å². The molecule has 3 amide bonds. The molecule has 178 valence electrons. The molecule has 0 aromatic carbocycles. The van der Waals surface area contributed by atoms with Gasteiger partial charge in [0.25, 0.3) is 0 Å². The first-order valence-corrected chi connectivity index (χ1v) is 12.2. The summed E-state index contributed by atoms with van der Waals surface area (Å²) in [6.45, 7) is 2.73. The highest BCUT2D eigenvalue weighted by atomic mass is 16.4. The molecule has 0 aromatic rings. The van der Waals surface area contributed by atoms with Crippen LogP contribution in [-0.2, 0) is 9.59 Å². The fourth-order valence-corrected chi connectivity index (χ4v) is 4.80. The van der Waals surface area contributed by atoms with E-state index in [0.717, 1.165) is 51.4 Å². The normalized spacial score (nSPS) is 24.1. The van der Waals surface area contributed by atoms with Crippen molar-refractivity contribution in [1.82, 2.24) is 16.0 Å². The number of nitrogens with two attached hydrogens (primary N) is 1. The molecule has 2 aliphatic carbocycles. The molecule has 2 rings (SSSR count). The summed E-state index contributed by atoms with van der Waals surface area (Å²) in [6, 6.07) is -2.05. The molecule has 1 unspecified atom stereocenters. The van der Waals surface area contributed by atoms with Crippen molar-refractivity contribution in [3.8, 4) is 0 Å². The molecule has 2 saturated carbocycles. The van der Waals surface area contributed by atoms with Crippen molar-refractivity contribution in [2.24, 2.45) is 17.6 Å². The Bertz CT molecular complexity index is 572. The van der Waals surface area contributed by atoms with Gasteiger partial charge in [-0.2, -0.15) is 0 Å². The van der Waals surface area contributed by atoms with Crippen molar-refractivity contribution in [2.75, 3.05) is 6.54 Å². The van der Waals surface area contributed by atoms with Gasteiger partial charge in [-0.3, -0.25) is 4.79 Å². The number of rotatable bonds is 11. The van der Waals surface area contributed by atoms with E-state index in [-0.39, 0.29) is 11.9 Å². The van der Waals surface area contributed by atoms with Gasteiger partial charge >= 0.3 is 12.0 Å². The largest absolute Gasteiger partial charge is 0.480 e. The van der Waals surface area contributed by atoms with E-state index < -0.39 is 24.1 Å². The summed E-state index contributed by atoms with van der Waals surface area (Å²) in [5.41, 5.74) is 5.47. The molecule has 2 aliphatic rings. The van der Waals surface area contributed by atoms with Crippen LogP contribution in [0.4, 0.5) is 4.79 Å². The molecule has 0 spiro atoms. The molecular weight excluding hydrogens is 396 g/mol. The fourth-order valence-electron chi connectivity index (χ4n) is 4.80. The van der Waals surface area contributed by atoms with Gasteiger partial charge in [0.2, 0.25) is 5.91 Å². The zero-order chi connectivity index (χ0) is 22.6. The van der Waals surface area contributed by atoms with E-state index in [9.17, 15) is 19.5 Å². The molecular formula is C23H42N4O4. The van der Waals surface area contributed by atoms with E-state index in [0.29, 0.717) is 44.1 Å². The predicted molar refractivity (Wildman–Crippen MR) is 121 cm³/mol. The van der Waals surface area contributed by atoms with Crippen molar-refractivity contribution in [2.45, 2.75) is 109 Å². The Balaban J connectivity index is 1.94. The van der Waals surface area contributed by atoms with Gasteiger partial charge in [0.05, 0.1) is 0 Å². The van der Waals surface area contributed by atoms with Gasteiger partial charge < -0.3 is 26.8 Å². The van der Waals surface area contributed by atoms with Crippen molar-refractivity contribution in [3.63, 3.8) is 0 Å². The third kappa shape index (κ3) is 9.46. The van der Waals surface area contributed by atoms with E-state index in [1.807, 2.05) is 0 Å². The molecule has 2 fully saturated rings. The highest BCUT2D eigenvalue weighted by Crippen LogP contribution is 2.28. The molecule has 0 saturated heterocycles. The molecule has 0 heterocycles. The number of aliphatic carboxylic acids is 1. The van der Waals surface area contributed by atoms with Crippen LogP contribution in [0.5, 0.6) is 0 Å². The first kappa shape index (κ1) is 25.4. The minimum absolute atomic E-state index is 0.143. The molecule has 0 radical (unpaired) electrons. The zero-order valence-corrected chi connectivity index (χ0v) is 19.0. The number of hydrogen-bond donors (Lipinski definition) is 5. The van der Waals surface area contributed by atoms with Crippen molar-refractivity contribution in [1.29, 1.82) is 0 Å². The van der Waals surface area contributed by atoms with Crippen LogP contribution in [0.1, 0.15) is 90.4 Å². The second-order valence-electron chi connectivity index (χ2n) is 9.55. The van der Waals surface area contributed by atoms with Gasteiger partial charge in [0.1, 0.15) is 12.1 Å². The Labute approximate surface area is 186 Å². The van der Waals surface area contributed by atoms with Crippen LogP contribution in [0.2, 0.25) is 0 Å². The highest BCUT2D eigenvalue weighted by molar-refractivity contribution is 5.88. The lowest BCUT2D eigenvalue weighted by Crippen LogP contribution is -2.55. The lowest BCUT2D eigenvalue weighted by atomic mass is 9.84. The molecule has 0 aliphatic heterocycles. The maximum atomic E-state index is 13.0. The van der Waals surface area contributed by atoms with E-state index >= 15 is 0 Å².